The summed E-state index contributed by atoms with van der Waals surface area (Å²) in [5, 5.41) is 0. The molecular weight excluding hydrogens is 330 g/mol. The molecule has 1 fully saturated rings. The number of rotatable bonds is 6. The largest absolute Gasteiger partial charge is 0.492 e. The van der Waals surface area contributed by atoms with Gasteiger partial charge in [-0.05, 0) is 32.2 Å². The van der Waals surface area contributed by atoms with Crippen molar-refractivity contribution < 1.29 is 17.9 Å². The van der Waals surface area contributed by atoms with Gasteiger partial charge in [-0.25, -0.2) is 13.1 Å². The molecule has 0 saturated carbocycles. The van der Waals surface area contributed by atoms with E-state index >= 15 is 0 Å². The third kappa shape index (κ3) is 4.25. The van der Waals surface area contributed by atoms with Gasteiger partial charge in [0.1, 0.15) is 10.6 Å². The van der Waals surface area contributed by atoms with Crippen molar-refractivity contribution in [2.45, 2.75) is 18.7 Å². The second kappa shape index (κ2) is 7.96. The first-order valence-corrected chi connectivity index (χ1v) is 9.61. The first-order chi connectivity index (χ1) is 11.4. The number of amides is 1. The van der Waals surface area contributed by atoms with E-state index in [9.17, 15) is 13.2 Å². The maximum absolute atomic E-state index is 12.7. The fourth-order valence-corrected chi connectivity index (χ4v) is 3.80. The molecule has 1 aliphatic rings. The molecule has 0 atom stereocenters. The Morgan fingerprint density at radius 1 is 1.21 bits per heavy atom. The predicted molar refractivity (Wildman–Crippen MR) is 91.9 cm³/mol. The Labute approximate surface area is 143 Å². The molecule has 8 heteroatoms. The molecule has 1 aromatic rings. The molecule has 0 aromatic heterocycles. The molecule has 1 saturated heterocycles. The van der Waals surface area contributed by atoms with Crippen LogP contribution in [0.1, 0.15) is 24.2 Å². The number of benzene rings is 1. The average Bonchev–Trinajstić information content (AvgIpc) is 2.55. The van der Waals surface area contributed by atoms with Crippen molar-refractivity contribution >= 4 is 15.9 Å². The summed E-state index contributed by atoms with van der Waals surface area (Å²) in [6, 6.07) is 4.58. The summed E-state index contributed by atoms with van der Waals surface area (Å²) >= 11 is 0. The summed E-state index contributed by atoms with van der Waals surface area (Å²) in [4.78, 5) is 16.6. The summed E-state index contributed by atoms with van der Waals surface area (Å²) in [5.41, 5.74) is 0.361. The third-order valence-electron chi connectivity index (χ3n) is 3.90. The van der Waals surface area contributed by atoms with Crippen molar-refractivity contribution in [3.05, 3.63) is 23.8 Å². The lowest BCUT2D eigenvalue weighted by atomic mass is 10.1. The maximum Gasteiger partial charge on any atom is 0.253 e. The number of likely N-dealkylation sites (N-methyl/N-ethyl adjacent to an activating group) is 1. The fraction of sp³-hybridized carbons (Fsp3) is 0.562. The van der Waals surface area contributed by atoms with Gasteiger partial charge in [-0.3, -0.25) is 4.79 Å². The number of nitrogens with one attached hydrogen (secondary N) is 1. The number of nitrogens with zero attached hydrogens (tertiary/aromatic N) is 2. The first kappa shape index (κ1) is 18.7. The Balaban J connectivity index is 2.33. The van der Waals surface area contributed by atoms with Crippen LogP contribution in [0.5, 0.6) is 5.75 Å². The third-order valence-corrected chi connectivity index (χ3v) is 5.47. The summed E-state index contributed by atoms with van der Waals surface area (Å²) in [5.74, 6) is 0.104. The van der Waals surface area contributed by atoms with Crippen LogP contribution < -0.4 is 9.46 Å². The van der Waals surface area contributed by atoms with E-state index in [1.807, 2.05) is 7.05 Å². The highest BCUT2D eigenvalue weighted by molar-refractivity contribution is 7.89. The van der Waals surface area contributed by atoms with Crippen LogP contribution in [0.15, 0.2) is 23.1 Å². The van der Waals surface area contributed by atoms with Crippen LogP contribution in [0.4, 0.5) is 0 Å². The molecule has 0 aliphatic carbocycles. The van der Waals surface area contributed by atoms with E-state index < -0.39 is 10.0 Å². The van der Waals surface area contributed by atoms with Crippen molar-refractivity contribution in [1.29, 1.82) is 0 Å². The van der Waals surface area contributed by atoms with Crippen LogP contribution in [0.25, 0.3) is 0 Å². The van der Waals surface area contributed by atoms with E-state index in [0.29, 0.717) is 25.3 Å². The highest BCUT2D eigenvalue weighted by Crippen LogP contribution is 2.26. The summed E-state index contributed by atoms with van der Waals surface area (Å²) in [7, 11) is -1.70. The lowest BCUT2D eigenvalue weighted by molar-refractivity contribution is 0.0664. The van der Waals surface area contributed by atoms with Crippen molar-refractivity contribution in [2.75, 3.05) is 46.4 Å². The minimum atomic E-state index is -3.71. The van der Waals surface area contributed by atoms with E-state index in [2.05, 4.69) is 9.62 Å². The quantitative estimate of drug-likeness (QED) is 0.815. The summed E-state index contributed by atoms with van der Waals surface area (Å²) in [6.45, 7) is 7.00. The van der Waals surface area contributed by atoms with Gasteiger partial charge in [-0.1, -0.05) is 6.92 Å². The van der Waals surface area contributed by atoms with Gasteiger partial charge in [-0.15, -0.1) is 0 Å². The SMILES string of the molecule is CCNS(=O)(=O)c1cc(C(=O)N2CCN(C)CC2)ccc1OCC. The zero-order chi connectivity index (χ0) is 17.7. The second-order valence-corrected chi connectivity index (χ2v) is 7.43. The number of hydrogen-bond acceptors (Lipinski definition) is 5. The number of sulfonamides is 1. The monoisotopic (exact) mass is 355 g/mol. The zero-order valence-corrected chi connectivity index (χ0v) is 15.2. The highest BCUT2D eigenvalue weighted by atomic mass is 32.2. The molecule has 134 valence electrons. The molecule has 0 radical (unpaired) electrons. The van der Waals surface area contributed by atoms with E-state index in [1.165, 1.54) is 6.07 Å². The zero-order valence-electron chi connectivity index (χ0n) is 14.4. The van der Waals surface area contributed by atoms with Crippen LogP contribution in [-0.2, 0) is 10.0 Å². The molecule has 7 nitrogen and oxygen atoms in total. The molecule has 1 heterocycles. The van der Waals surface area contributed by atoms with E-state index in [1.54, 1.807) is 30.9 Å². The first-order valence-electron chi connectivity index (χ1n) is 8.13. The van der Waals surface area contributed by atoms with E-state index in [0.717, 1.165) is 13.1 Å². The topological polar surface area (TPSA) is 79.0 Å². The van der Waals surface area contributed by atoms with E-state index in [-0.39, 0.29) is 23.1 Å². The second-order valence-electron chi connectivity index (χ2n) is 5.69. The molecule has 1 aliphatic heterocycles. The molecule has 0 unspecified atom stereocenters. The Hall–Kier alpha value is -1.64. The number of piperazine rings is 1. The average molecular weight is 355 g/mol. The minimum absolute atomic E-state index is 0.00572. The Bertz CT molecular complexity index is 683. The smallest absolute Gasteiger partial charge is 0.253 e. The Morgan fingerprint density at radius 2 is 1.88 bits per heavy atom. The molecule has 0 bridgehead atoms. The van der Waals surface area contributed by atoms with Gasteiger partial charge in [0.15, 0.2) is 0 Å². The molecule has 24 heavy (non-hydrogen) atoms. The van der Waals surface area contributed by atoms with Crippen LogP contribution in [0, 0.1) is 0 Å². The van der Waals surface area contributed by atoms with Gasteiger partial charge in [0.25, 0.3) is 5.91 Å². The van der Waals surface area contributed by atoms with Crippen LogP contribution >= 0.6 is 0 Å². The molecule has 2 rings (SSSR count). The maximum atomic E-state index is 12.7. The number of ether oxygens (including phenoxy) is 1. The van der Waals surface area contributed by atoms with Gasteiger partial charge in [0.05, 0.1) is 6.61 Å². The van der Waals surface area contributed by atoms with Gasteiger partial charge in [0, 0.05) is 38.3 Å². The molecule has 0 spiro atoms. The predicted octanol–water partition coefficient (Wildman–Crippen LogP) is 0.771. The standard InChI is InChI=1S/C16H25N3O4S/c1-4-17-24(21,22)15-12-13(6-7-14(15)23-5-2)16(20)19-10-8-18(3)9-11-19/h6-7,12,17H,4-5,8-11H2,1-3H3. The Kier molecular flexibility index (Phi) is 6.20. The van der Waals surface area contributed by atoms with Gasteiger partial charge < -0.3 is 14.5 Å². The number of hydrogen-bond donors (Lipinski definition) is 1. The van der Waals surface area contributed by atoms with Crippen molar-refractivity contribution in [1.82, 2.24) is 14.5 Å². The fourth-order valence-electron chi connectivity index (χ4n) is 2.59. The number of carbonyl (C=O) groups is 1. The number of carbonyl (C=O) groups excluding carboxylic acids is 1. The lowest BCUT2D eigenvalue weighted by Gasteiger charge is -2.32. The van der Waals surface area contributed by atoms with Crippen LogP contribution in [0.2, 0.25) is 0 Å². The molecule has 1 aromatic carbocycles. The summed E-state index contributed by atoms with van der Waals surface area (Å²) in [6.07, 6.45) is 0. The molecular formula is C16H25N3O4S. The van der Waals surface area contributed by atoms with Gasteiger partial charge >= 0.3 is 0 Å². The molecule has 1 amide bonds. The van der Waals surface area contributed by atoms with Crippen molar-refractivity contribution in [2.24, 2.45) is 0 Å². The van der Waals surface area contributed by atoms with Gasteiger partial charge in [-0.2, -0.15) is 0 Å². The lowest BCUT2D eigenvalue weighted by Crippen LogP contribution is -2.47. The highest BCUT2D eigenvalue weighted by Gasteiger charge is 2.24. The molecule has 1 N–H and O–H groups in total. The van der Waals surface area contributed by atoms with Crippen molar-refractivity contribution in [3.63, 3.8) is 0 Å². The summed E-state index contributed by atoms with van der Waals surface area (Å²) < 4.78 is 32.7. The van der Waals surface area contributed by atoms with E-state index in [4.69, 9.17) is 4.74 Å². The minimum Gasteiger partial charge on any atom is -0.492 e. The normalized spacial score (nSPS) is 16.2. The Morgan fingerprint density at radius 3 is 2.46 bits per heavy atom. The van der Waals surface area contributed by atoms with Crippen LogP contribution in [0.3, 0.4) is 0 Å². The van der Waals surface area contributed by atoms with Crippen molar-refractivity contribution in [3.8, 4) is 5.75 Å². The van der Waals surface area contributed by atoms with Gasteiger partial charge in [0.2, 0.25) is 10.0 Å². The van der Waals surface area contributed by atoms with Crippen LogP contribution in [-0.4, -0.2) is 70.5 Å².